The van der Waals surface area contributed by atoms with E-state index >= 15 is 0 Å². The Labute approximate surface area is 194 Å². The highest BCUT2D eigenvalue weighted by Crippen LogP contribution is 2.27. The van der Waals surface area contributed by atoms with Crippen molar-refractivity contribution in [3.05, 3.63) is 48.0 Å². The Kier molecular flexibility index (Phi) is 8.05. The zero-order chi connectivity index (χ0) is 23.8. The van der Waals surface area contributed by atoms with E-state index in [0.717, 1.165) is 35.6 Å². The van der Waals surface area contributed by atoms with Gasteiger partial charge >= 0.3 is 5.97 Å². The summed E-state index contributed by atoms with van der Waals surface area (Å²) in [6, 6.07) is 14.9. The molecule has 2 aromatic rings. The number of nitrogens with one attached hydrogen (secondary N) is 2. The molecule has 0 aromatic heterocycles. The predicted octanol–water partition coefficient (Wildman–Crippen LogP) is 3.41. The average molecular weight is 450 g/mol. The van der Waals surface area contributed by atoms with E-state index in [1.54, 1.807) is 13.8 Å². The standard InChI is InChI=1S/C26H31N3O4/c1-18(2)24(25(32)33-16-23(31)29-26(17-27)13-6-3-7-14-26)28-22(30)15-20-11-8-10-19-9-4-5-12-21(19)20/h4-5,8-12,18,24H,3,6-7,13-16H2,1-2H3,(H,28,30)(H,29,31)/t24-/m0/s1. The van der Waals surface area contributed by atoms with E-state index < -0.39 is 30.1 Å². The van der Waals surface area contributed by atoms with Crippen LogP contribution < -0.4 is 10.6 Å². The lowest BCUT2D eigenvalue weighted by Gasteiger charge is -2.31. The molecule has 0 spiro atoms. The maximum atomic E-state index is 12.7. The third-order valence-electron chi connectivity index (χ3n) is 6.11. The number of ether oxygens (including phenoxy) is 1. The summed E-state index contributed by atoms with van der Waals surface area (Å²) < 4.78 is 5.20. The second-order valence-corrected chi connectivity index (χ2v) is 9.01. The molecule has 1 aliphatic carbocycles. The van der Waals surface area contributed by atoms with Crippen molar-refractivity contribution in [3.63, 3.8) is 0 Å². The van der Waals surface area contributed by atoms with Gasteiger partial charge in [0.1, 0.15) is 11.6 Å². The molecular weight excluding hydrogens is 418 g/mol. The molecule has 0 radical (unpaired) electrons. The minimum atomic E-state index is -0.883. The van der Waals surface area contributed by atoms with E-state index in [1.165, 1.54) is 0 Å². The molecule has 2 aromatic carbocycles. The molecule has 0 aliphatic heterocycles. The van der Waals surface area contributed by atoms with Crippen LogP contribution in [0.4, 0.5) is 0 Å². The number of rotatable bonds is 8. The number of carbonyl (C=O) groups excluding carboxylic acids is 3. The molecule has 0 saturated heterocycles. The maximum absolute atomic E-state index is 12.7. The monoisotopic (exact) mass is 449 g/mol. The van der Waals surface area contributed by atoms with E-state index in [0.29, 0.717) is 12.8 Å². The largest absolute Gasteiger partial charge is 0.454 e. The second-order valence-electron chi connectivity index (χ2n) is 9.01. The van der Waals surface area contributed by atoms with Gasteiger partial charge in [-0.15, -0.1) is 0 Å². The molecule has 1 fully saturated rings. The lowest BCUT2D eigenvalue weighted by molar-refractivity contribution is -0.153. The Balaban J connectivity index is 1.56. The van der Waals surface area contributed by atoms with Crippen molar-refractivity contribution in [2.75, 3.05) is 6.61 Å². The second kappa shape index (κ2) is 11.0. The minimum Gasteiger partial charge on any atom is -0.454 e. The predicted molar refractivity (Wildman–Crippen MR) is 125 cm³/mol. The number of benzene rings is 2. The highest BCUT2D eigenvalue weighted by molar-refractivity contribution is 5.92. The molecule has 7 nitrogen and oxygen atoms in total. The molecule has 0 bridgehead atoms. The molecule has 2 N–H and O–H groups in total. The first-order chi connectivity index (χ1) is 15.8. The van der Waals surface area contributed by atoms with Crippen molar-refractivity contribution >= 4 is 28.6 Å². The summed E-state index contributed by atoms with van der Waals surface area (Å²) in [5.74, 6) is -1.68. The van der Waals surface area contributed by atoms with Gasteiger partial charge in [0, 0.05) is 0 Å². The number of nitrogens with zero attached hydrogens (tertiary/aromatic N) is 1. The first kappa shape index (κ1) is 24.2. The van der Waals surface area contributed by atoms with Gasteiger partial charge in [0.25, 0.3) is 5.91 Å². The highest BCUT2D eigenvalue weighted by atomic mass is 16.5. The normalized spacial score (nSPS) is 15.9. The lowest BCUT2D eigenvalue weighted by atomic mass is 9.83. The van der Waals surface area contributed by atoms with Crippen LogP contribution in [-0.2, 0) is 25.5 Å². The summed E-state index contributed by atoms with van der Waals surface area (Å²) in [5.41, 5.74) is -0.0126. The van der Waals surface area contributed by atoms with Crippen LogP contribution in [0.25, 0.3) is 10.8 Å². The third-order valence-corrected chi connectivity index (χ3v) is 6.11. The summed E-state index contributed by atoms with van der Waals surface area (Å²) in [6.45, 7) is 3.12. The van der Waals surface area contributed by atoms with Crippen LogP contribution in [0.15, 0.2) is 42.5 Å². The van der Waals surface area contributed by atoms with Gasteiger partial charge in [0.05, 0.1) is 12.5 Å². The Hall–Kier alpha value is -3.40. The molecule has 0 unspecified atom stereocenters. The SMILES string of the molecule is CC(C)[C@H](NC(=O)Cc1cccc2ccccc12)C(=O)OCC(=O)NC1(C#N)CCCCC1. The first-order valence-corrected chi connectivity index (χ1v) is 11.5. The molecule has 174 valence electrons. The number of esters is 1. The molecule has 1 aliphatic rings. The highest BCUT2D eigenvalue weighted by Gasteiger charge is 2.34. The van der Waals surface area contributed by atoms with E-state index in [2.05, 4.69) is 16.7 Å². The summed E-state index contributed by atoms with van der Waals surface area (Å²) in [5, 5.41) is 17.0. The number of hydrogen-bond donors (Lipinski definition) is 2. The summed E-state index contributed by atoms with van der Waals surface area (Å²) in [6.07, 6.45) is 4.13. The van der Waals surface area contributed by atoms with Gasteiger partial charge < -0.3 is 15.4 Å². The summed E-state index contributed by atoms with van der Waals surface area (Å²) >= 11 is 0. The number of nitriles is 1. The third kappa shape index (κ3) is 6.32. The average Bonchev–Trinajstić information content (AvgIpc) is 2.81. The Bertz CT molecular complexity index is 1050. The van der Waals surface area contributed by atoms with Crippen molar-refractivity contribution in [1.82, 2.24) is 10.6 Å². The van der Waals surface area contributed by atoms with Gasteiger partial charge in [0.2, 0.25) is 5.91 Å². The van der Waals surface area contributed by atoms with Gasteiger partial charge in [-0.05, 0) is 35.1 Å². The van der Waals surface area contributed by atoms with Crippen molar-refractivity contribution in [1.29, 1.82) is 5.26 Å². The van der Waals surface area contributed by atoms with Crippen molar-refractivity contribution in [3.8, 4) is 6.07 Å². The van der Waals surface area contributed by atoms with E-state index in [1.807, 2.05) is 42.5 Å². The fourth-order valence-electron chi connectivity index (χ4n) is 4.29. The molecule has 33 heavy (non-hydrogen) atoms. The number of carbonyl (C=O) groups is 3. The molecular formula is C26H31N3O4. The molecule has 2 amide bonds. The van der Waals surface area contributed by atoms with Crippen LogP contribution in [0.2, 0.25) is 0 Å². The Morgan fingerprint density at radius 2 is 1.73 bits per heavy atom. The first-order valence-electron chi connectivity index (χ1n) is 11.5. The smallest absolute Gasteiger partial charge is 0.329 e. The Morgan fingerprint density at radius 3 is 2.42 bits per heavy atom. The fourth-order valence-corrected chi connectivity index (χ4v) is 4.29. The van der Waals surface area contributed by atoms with Crippen LogP contribution >= 0.6 is 0 Å². The lowest BCUT2D eigenvalue weighted by Crippen LogP contribution is -2.51. The molecule has 1 atom stereocenters. The number of hydrogen-bond acceptors (Lipinski definition) is 5. The summed E-state index contributed by atoms with van der Waals surface area (Å²) in [7, 11) is 0. The molecule has 0 heterocycles. The van der Waals surface area contributed by atoms with Gasteiger partial charge in [-0.1, -0.05) is 75.6 Å². The van der Waals surface area contributed by atoms with Gasteiger partial charge in [-0.3, -0.25) is 9.59 Å². The van der Waals surface area contributed by atoms with Crippen molar-refractivity contribution in [2.24, 2.45) is 5.92 Å². The molecule has 7 heteroatoms. The zero-order valence-corrected chi connectivity index (χ0v) is 19.2. The van der Waals surface area contributed by atoms with Crippen LogP contribution in [0, 0.1) is 17.2 Å². The van der Waals surface area contributed by atoms with Gasteiger partial charge in [0.15, 0.2) is 6.61 Å². The quantitative estimate of drug-likeness (QED) is 0.601. The molecule has 1 saturated carbocycles. The minimum absolute atomic E-state index is 0.128. The fraction of sp³-hybridized carbons (Fsp3) is 0.462. The van der Waals surface area contributed by atoms with E-state index in [4.69, 9.17) is 4.74 Å². The van der Waals surface area contributed by atoms with Crippen molar-refractivity contribution < 1.29 is 19.1 Å². The maximum Gasteiger partial charge on any atom is 0.329 e. The van der Waals surface area contributed by atoms with E-state index in [-0.39, 0.29) is 18.2 Å². The Morgan fingerprint density at radius 1 is 1.03 bits per heavy atom. The zero-order valence-electron chi connectivity index (χ0n) is 19.2. The van der Waals surface area contributed by atoms with Crippen LogP contribution in [0.1, 0.15) is 51.5 Å². The summed E-state index contributed by atoms with van der Waals surface area (Å²) in [4.78, 5) is 37.7. The topological polar surface area (TPSA) is 108 Å². The van der Waals surface area contributed by atoms with Crippen LogP contribution in [-0.4, -0.2) is 36.0 Å². The number of amides is 2. The number of fused-ring (bicyclic) bond motifs is 1. The van der Waals surface area contributed by atoms with E-state index in [9.17, 15) is 19.6 Å². The van der Waals surface area contributed by atoms with Gasteiger partial charge in [-0.25, -0.2) is 4.79 Å². The van der Waals surface area contributed by atoms with Crippen LogP contribution in [0.3, 0.4) is 0 Å². The molecule has 3 rings (SSSR count). The van der Waals surface area contributed by atoms with Gasteiger partial charge in [-0.2, -0.15) is 5.26 Å². The van der Waals surface area contributed by atoms with Crippen LogP contribution in [0.5, 0.6) is 0 Å². The van der Waals surface area contributed by atoms with Crippen molar-refractivity contribution in [2.45, 2.75) is 64.0 Å².